The first-order valence-electron chi connectivity index (χ1n) is 4.74. The average molecular weight is 238 g/mol. The summed E-state index contributed by atoms with van der Waals surface area (Å²) in [6.45, 7) is 1.90. The van der Waals surface area contributed by atoms with E-state index in [-0.39, 0.29) is 0 Å². The molecular weight excluding hydrogens is 225 g/mol. The normalized spacial score (nSPS) is 17.7. The van der Waals surface area contributed by atoms with Gasteiger partial charge in [-0.3, -0.25) is 4.79 Å². The first kappa shape index (κ1) is 13.0. The van der Waals surface area contributed by atoms with Crippen LogP contribution in [0.1, 0.15) is 6.92 Å². The summed E-state index contributed by atoms with van der Waals surface area (Å²) in [5.41, 5.74) is 1.28. The van der Waals surface area contributed by atoms with Gasteiger partial charge in [0.25, 0.3) is 0 Å². The predicted octanol–water partition coefficient (Wildman–Crippen LogP) is -0.0545. The van der Waals surface area contributed by atoms with Crippen molar-refractivity contribution in [2.45, 2.75) is 19.2 Å². The van der Waals surface area contributed by atoms with Gasteiger partial charge in [0, 0.05) is 18.7 Å². The predicted molar refractivity (Wildman–Crippen MR) is 50.6 cm³/mol. The summed E-state index contributed by atoms with van der Waals surface area (Å²) in [5.74, 6) is -0.570. The number of amides is 1. The van der Waals surface area contributed by atoms with Crippen LogP contribution < -0.4 is 10.6 Å². The van der Waals surface area contributed by atoms with Gasteiger partial charge in [-0.05, 0) is 12.5 Å². The number of aliphatic hydroxyl groups excluding tert-OH is 1. The Morgan fingerprint density at radius 2 is 2.12 bits per heavy atom. The molecule has 1 rings (SSSR count). The van der Waals surface area contributed by atoms with Gasteiger partial charge in [-0.25, -0.2) is 0 Å². The van der Waals surface area contributed by atoms with Crippen LogP contribution in [0.3, 0.4) is 0 Å². The lowest BCUT2D eigenvalue weighted by Gasteiger charge is -2.22. The van der Waals surface area contributed by atoms with Crippen LogP contribution >= 0.6 is 0 Å². The molecule has 0 aromatic heterocycles. The lowest BCUT2D eigenvalue weighted by Crippen LogP contribution is -2.42. The molecule has 1 fully saturated rings. The van der Waals surface area contributed by atoms with Gasteiger partial charge in [0.05, 0.1) is 6.54 Å². The van der Waals surface area contributed by atoms with Crippen molar-refractivity contribution in [3.8, 4) is 0 Å². The summed E-state index contributed by atoms with van der Waals surface area (Å²) in [5, 5.41) is 13.6. The van der Waals surface area contributed by atoms with E-state index in [1.54, 1.807) is 6.92 Å². The molecule has 0 saturated carbocycles. The van der Waals surface area contributed by atoms with E-state index < -0.39 is 24.7 Å². The molecule has 0 aliphatic carbocycles. The Hall–Kier alpha value is -1.08. The van der Waals surface area contributed by atoms with E-state index in [1.807, 2.05) is 5.32 Å². The van der Waals surface area contributed by atoms with Crippen molar-refractivity contribution in [1.82, 2.24) is 10.6 Å². The second-order valence-electron chi connectivity index (χ2n) is 3.60. The smallest absolute Gasteiger partial charge is 0.382 e. The first-order valence-corrected chi connectivity index (χ1v) is 4.74. The monoisotopic (exact) mass is 238 g/mol. The van der Waals surface area contributed by atoms with Gasteiger partial charge in [0.2, 0.25) is 5.91 Å². The maximum Gasteiger partial charge on any atom is 0.416 e. The van der Waals surface area contributed by atoms with Gasteiger partial charge in [-0.2, -0.15) is 13.2 Å². The van der Waals surface area contributed by atoms with E-state index in [2.05, 4.69) is 5.32 Å². The topological polar surface area (TPSA) is 61.4 Å². The average Bonchev–Trinajstić information content (AvgIpc) is 2.08. The molecule has 7 heteroatoms. The zero-order valence-corrected chi connectivity index (χ0v) is 8.69. The Balaban J connectivity index is 2.41. The fourth-order valence-corrected chi connectivity index (χ4v) is 1.11. The highest BCUT2D eigenvalue weighted by Crippen LogP contribution is 2.19. The minimum absolute atomic E-state index is 0.410. The number of carbonyl (C=O) groups excluding carboxylic acids is 1. The van der Waals surface area contributed by atoms with Gasteiger partial charge < -0.3 is 15.7 Å². The second kappa shape index (κ2) is 4.84. The fourth-order valence-electron chi connectivity index (χ4n) is 1.11. The second-order valence-corrected chi connectivity index (χ2v) is 3.60. The third kappa shape index (κ3) is 3.21. The molecule has 1 heterocycles. The van der Waals surface area contributed by atoms with Crippen molar-refractivity contribution < 1.29 is 23.1 Å². The van der Waals surface area contributed by atoms with Gasteiger partial charge in [-0.1, -0.05) is 0 Å². The molecule has 4 nitrogen and oxygen atoms in total. The highest BCUT2D eigenvalue weighted by atomic mass is 19.4. The molecule has 1 atom stereocenters. The van der Waals surface area contributed by atoms with Crippen LogP contribution in [0.25, 0.3) is 0 Å². The number of aliphatic hydroxyl groups is 1. The first-order chi connectivity index (χ1) is 7.32. The van der Waals surface area contributed by atoms with E-state index in [0.29, 0.717) is 18.7 Å². The Morgan fingerprint density at radius 1 is 1.56 bits per heavy atom. The molecule has 0 aromatic rings. The molecule has 1 aliphatic heterocycles. The van der Waals surface area contributed by atoms with Crippen LogP contribution in [0.15, 0.2) is 11.1 Å². The summed E-state index contributed by atoms with van der Waals surface area (Å²) in [4.78, 5) is 11.3. The number of hydrogen-bond donors (Lipinski definition) is 3. The summed E-state index contributed by atoms with van der Waals surface area (Å²) >= 11 is 0. The number of rotatable bonds is 3. The Kier molecular flexibility index (Phi) is 3.93. The molecule has 1 saturated heterocycles. The zero-order chi connectivity index (χ0) is 12.3. The maximum absolute atomic E-state index is 11.9. The molecule has 1 amide bonds. The summed E-state index contributed by atoms with van der Waals surface area (Å²) in [6.07, 6.45) is -7.22. The zero-order valence-electron chi connectivity index (χ0n) is 8.69. The molecule has 0 aromatic carbocycles. The molecule has 16 heavy (non-hydrogen) atoms. The standard InChI is InChI=1S/C9H13F3N2O2/c1-5(6-2-13-3-6)8(16)14-4-7(15)9(10,11)12/h7,13,15H,2-4H2,1H3,(H,14,16). The maximum atomic E-state index is 11.9. The van der Waals surface area contributed by atoms with Crippen LogP contribution in [0.2, 0.25) is 0 Å². The molecule has 3 N–H and O–H groups in total. The molecule has 0 spiro atoms. The molecule has 0 bridgehead atoms. The van der Waals surface area contributed by atoms with Gasteiger partial charge in [0.1, 0.15) is 0 Å². The van der Waals surface area contributed by atoms with Crippen molar-refractivity contribution in [1.29, 1.82) is 0 Å². The van der Waals surface area contributed by atoms with E-state index in [0.717, 1.165) is 5.57 Å². The lowest BCUT2D eigenvalue weighted by atomic mass is 10.0. The van der Waals surface area contributed by atoms with Crippen LogP contribution in [0.4, 0.5) is 13.2 Å². The Bertz CT molecular complexity index is 306. The van der Waals surface area contributed by atoms with Crippen LogP contribution in [-0.4, -0.2) is 42.9 Å². The SMILES string of the molecule is CC(C(=O)NCC(O)C(F)(F)F)=C1CNC1. The molecule has 1 unspecified atom stereocenters. The third-order valence-electron chi connectivity index (χ3n) is 2.38. The minimum Gasteiger partial charge on any atom is -0.382 e. The lowest BCUT2D eigenvalue weighted by molar-refractivity contribution is -0.201. The molecule has 0 radical (unpaired) electrons. The number of alkyl halides is 3. The van der Waals surface area contributed by atoms with Gasteiger partial charge in [0.15, 0.2) is 6.10 Å². The van der Waals surface area contributed by atoms with E-state index in [9.17, 15) is 18.0 Å². The fraction of sp³-hybridized carbons (Fsp3) is 0.667. The summed E-state index contributed by atoms with van der Waals surface area (Å²) in [7, 11) is 0. The van der Waals surface area contributed by atoms with E-state index in [4.69, 9.17) is 5.11 Å². The van der Waals surface area contributed by atoms with Crippen molar-refractivity contribution >= 4 is 5.91 Å². The molecule has 1 aliphatic rings. The molecular formula is C9H13F3N2O2. The van der Waals surface area contributed by atoms with E-state index >= 15 is 0 Å². The van der Waals surface area contributed by atoms with Gasteiger partial charge >= 0.3 is 6.18 Å². The third-order valence-corrected chi connectivity index (χ3v) is 2.38. The van der Waals surface area contributed by atoms with E-state index in [1.165, 1.54) is 0 Å². The van der Waals surface area contributed by atoms with Crippen LogP contribution in [-0.2, 0) is 4.79 Å². The van der Waals surface area contributed by atoms with Crippen molar-refractivity contribution in [2.24, 2.45) is 0 Å². The quantitative estimate of drug-likeness (QED) is 0.604. The van der Waals surface area contributed by atoms with Crippen LogP contribution in [0, 0.1) is 0 Å². The Labute approximate surface area is 90.5 Å². The van der Waals surface area contributed by atoms with Gasteiger partial charge in [-0.15, -0.1) is 0 Å². The number of carbonyl (C=O) groups is 1. The Morgan fingerprint density at radius 3 is 2.50 bits per heavy atom. The minimum atomic E-state index is -4.70. The summed E-state index contributed by atoms with van der Waals surface area (Å²) < 4.78 is 35.7. The van der Waals surface area contributed by atoms with Crippen molar-refractivity contribution in [3.05, 3.63) is 11.1 Å². The molecule has 92 valence electrons. The highest BCUT2D eigenvalue weighted by molar-refractivity contribution is 5.93. The number of halogens is 3. The van der Waals surface area contributed by atoms with Crippen LogP contribution in [0.5, 0.6) is 0 Å². The number of nitrogens with one attached hydrogen (secondary N) is 2. The van der Waals surface area contributed by atoms with Crippen molar-refractivity contribution in [3.63, 3.8) is 0 Å². The summed E-state index contributed by atoms with van der Waals surface area (Å²) in [6, 6.07) is 0. The highest BCUT2D eigenvalue weighted by Gasteiger charge is 2.38. The number of hydrogen-bond acceptors (Lipinski definition) is 3. The van der Waals surface area contributed by atoms with Crippen molar-refractivity contribution in [2.75, 3.05) is 19.6 Å². The largest absolute Gasteiger partial charge is 0.416 e.